The number of hydrogen-bond acceptors (Lipinski definition) is 4. The van der Waals surface area contributed by atoms with E-state index < -0.39 is 0 Å². The third-order valence-electron chi connectivity index (χ3n) is 3.49. The van der Waals surface area contributed by atoms with Crippen LogP contribution in [-0.4, -0.2) is 10.9 Å². The Balaban J connectivity index is 1.77. The van der Waals surface area contributed by atoms with Gasteiger partial charge in [0.15, 0.2) is 5.13 Å². The Bertz CT molecular complexity index is 874. The second-order valence-corrected chi connectivity index (χ2v) is 6.33. The number of rotatable bonds is 4. The Kier molecular flexibility index (Phi) is 4.57. The van der Waals surface area contributed by atoms with Crippen molar-refractivity contribution in [3.8, 4) is 0 Å². The molecule has 2 N–H and O–H groups in total. The Labute approximate surface area is 143 Å². The van der Waals surface area contributed by atoms with Crippen molar-refractivity contribution in [1.82, 2.24) is 4.98 Å². The van der Waals surface area contributed by atoms with Crippen molar-refractivity contribution in [2.24, 2.45) is 0 Å². The van der Waals surface area contributed by atoms with Gasteiger partial charge in [-0.3, -0.25) is 4.79 Å². The Morgan fingerprint density at radius 3 is 2.50 bits per heavy atom. The van der Waals surface area contributed by atoms with Gasteiger partial charge in [-0.05, 0) is 49.7 Å². The molecule has 1 heterocycles. The highest BCUT2D eigenvalue weighted by Crippen LogP contribution is 2.27. The summed E-state index contributed by atoms with van der Waals surface area (Å²) in [5.74, 6) is -0.486. The molecule has 0 saturated carbocycles. The Morgan fingerprint density at radius 2 is 1.79 bits per heavy atom. The van der Waals surface area contributed by atoms with Crippen molar-refractivity contribution in [3.63, 3.8) is 0 Å². The highest BCUT2D eigenvalue weighted by Gasteiger charge is 2.16. The summed E-state index contributed by atoms with van der Waals surface area (Å²) in [6.45, 7) is 3.73. The maximum Gasteiger partial charge on any atom is 0.267 e. The summed E-state index contributed by atoms with van der Waals surface area (Å²) in [6.07, 6.45) is 0. The topological polar surface area (TPSA) is 54.0 Å². The molecule has 0 atom stereocenters. The van der Waals surface area contributed by atoms with E-state index in [4.69, 9.17) is 0 Å². The lowest BCUT2D eigenvalue weighted by atomic mass is 10.2. The van der Waals surface area contributed by atoms with Gasteiger partial charge in [-0.2, -0.15) is 0 Å². The maximum absolute atomic E-state index is 12.9. The smallest absolute Gasteiger partial charge is 0.267 e. The van der Waals surface area contributed by atoms with E-state index in [0.717, 1.165) is 16.9 Å². The molecule has 2 aromatic carbocycles. The van der Waals surface area contributed by atoms with Gasteiger partial charge in [-0.15, -0.1) is 0 Å². The first-order valence-corrected chi connectivity index (χ1v) is 8.21. The Hall–Kier alpha value is -2.73. The molecule has 6 heteroatoms. The lowest BCUT2D eigenvalue weighted by Gasteiger charge is -2.06. The average Bonchev–Trinajstić information content (AvgIpc) is 2.92. The van der Waals surface area contributed by atoms with Crippen LogP contribution in [0.3, 0.4) is 0 Å². The van der Waals surface area contributed by atoms with Gasteiger partial charge in [-0.25, -0.2) is 9.37 Å². The van der Waals surface area contributed by atoms with Crippen LogP contribution in [0.15, 0.2) is 48.5 Å². The minimum absolute atomic E-state index is 0.188. The van der Waals surface area contributed by atoms with Crippen molar-refractivity contribution < 1.29 is 9.18 Å². The predicted molar refractivity (Wildman–Crippen MR) is 95.7 cm³/mol. The molecule has 4 nitrogen and oxygen atoms in total. The SMILES string of the molecule is Cc1ccccc1NC(=O)c1sc(Nc2ccc(F)cc2)nc1C. The molecule has 3 aromatic rings. The number of carbonyl (C=O) groups is 1. The fraction of sp³-hybridized carbons (Fsp3) is 0.111. The molecular formula is C18H16FN3OS. The number of halogens is 1. The van der Waals surface area contributed by atoms with E-state index in [1.807, 2.05) is 31.2 Å². The largest absolute Gasteiger partial charge is 0.332 e. The molecule has 0 saturated heterocycles. The second-order valence-electron chi connectivity index (χ2n) is 5.33. The van der Waals surface area contributed by atoms with Crippen LogP contribution in [0.1, 0.15) is 20.9 Å². The zero-order valence-electron chi connectivity index (χ0n) is 13.3. The second kappa shape index (κ2) is 6.80. The van der Waals surface area contributed by atoms with E-state index in [2.05, 4.69) is 15.6 Å². The molecule has 3 rings (SSSR count). The van der Waals surface area contributed by atoms with Crippen molar-refractivity contribution in [2.75, 3.05) is 10.6 Å². The van der Waals surface area contributed by atoms with Gasteiger partial charge in [0.2, 0.25) is 0 Å². The first-order valence-electron chi connectivity index (χ1n) is 7.40. The standard InChI is InChI=1S/C18H16FN3OS/c1-11-5-3-4-6-15(11)22-17(23)16-12(2)20-18(24-16)21-14-9-7-13(19)8-10-14/h3-10H,1-2H3,(H,20,21)(H,22,23). The minimum Gasteiger partial charge on any atom is -0.332 e. The van der Waals surface area contributed by atoms with Gasteiger partial charge < -0.3 is 10.6 Å². The van der Waals surface area contributed by atoms with Crippen LogP contribution < -0.4 is 10.6 Å². The molecule has 0 radical (unpaired) electrons. The van der Waals surface area contributed by atoms with Crippen molar-refractivity contribution in [1.29, 1.82) is 0 Å². The third-order valence-corrected chi connectivity index (χ3v) is 4.56. The lowest BCUT2D eigenvalue weighted by Crippen LogP contribution is -2.12. The minimum atomic E-state index is -0.297. The average molecular weight is 341 g/mol. The van der Waals surface area contributed by atoms with Gasteiger partial charge in [0, 0.05) is 11.4 Å². The van der Waals surface area contributed by atoms with Crippen LogP contribution in [0.25, 0.3) is 0 Å². The van der Waals surface area contributed by atoms with Gasteiger partial charge in [0.1, 0.15) is 10.7 Å². The number of nitrogens with one attached hydrogen (secondary N) is 2. The molecule has 0 aliphatic heterocycles. The van der Waals surface area contributed by atoms with Gasteiger partial charge in [-0.1, -0.05) is 29.5 Å². The molecule has 0 bridgehead atoms. The van der Waals surface area contributed by atoms with Crippen molar-refractivity contribution in [3.05, 3.63) is 70.5 Å². The summed E-state index contributed by atoms with van der Waals surface area (Å²) < 4.78 is 12.9. The lowest BCUT2D eigenvalue weighted by molar-refractivity contribution is 0.102. The molecule has 0 unspecified atom stereocenters. The van der Waals surface area contributed by atoms with Gasteiger partial charge >= 0.3 is 0 Å². The monoisotopic (exact) mass is 341 g/mol. The third kappa shape index (κ3) is 3.60. The number of benzene rings is 2. The first kappa shape index (κ1) is 16.1. The number of hydrogen-bond donors (Lipinski definition) is 2. The van der Waals surface area contributed by atoms with Crippen LogP contribution in [-0.2, 0) is 0 Å². The van der Waals surface area contributed by atoms with Crippen LogP contribution >= 0.6 is 11.3 Å². The van der Waals surface area contributed by atoms with E-state index >= 15 is 0 Å². The van der Waals surface area contributed by atoms with E-state index in [9.17, 15) is 9.18 Å². The molecule has 122 valence electrons. The number of nitrogens with zero attached hydrogens (tertiary/aromatic N) is 1. The van der Waals surface area contributed by atoms with Gasteiger partial charge in [0.25, 0.3) is 5.91 Å². The Morgan fingerprint density at radius 1 is 1.08 bits per heavy atom. The van der Waals surface area contributed by atoms with Crippen LogP contribution in [0.5, 0.6) is 0 Å². The first-order chi connectivity index (χ1) is 11.5. The van der Waals surface area contributed by atoms with Crippen molar-refractivity contribution in [2.45, 2.75) is 13.8 Å². The van der Waals surface area contributed by atoms with Crippen molar-refractivity contribution >= 4 is 33.8 Å². The van der Waals surface area contributed by atoms with Crippen LogP contribution in [0, 0.1) is 19.7 Å². The fourth-order valence-electron chi connectivity index (χ4n) is 2.21. The molecule has 1 amide bonds. The van der Waals surface area contributed by atoms with Crippen LogP contribution in [0.4, 0.5) is 20.9 Å². The zero-order chi connectivity index (χ0) is 17.1. The van der Waals surface area contributed by atoms with Gasteiger partial charge in [0.05, 0.1) is 5.69 Å². The zero-order valence-corrected chi connectivity index (χ0v) is 14.1. The molecule has 0 aliphatic rings. The van der Waals surface area contributed by atoms with Crippen LogP contribution in [0.2, 0.25) is 0 Å². The summed E-state index contributed by atoms with van der Waals surface area (Å²) in [6, 6.07) is 13.6. The quantitative estimate of drug-likeness (QED) is 0.710. The number of aryl methyl sites for hydroxylation is 2. The van der Waals surface area contributed by atoms with E-state index in [-0.39, 0.29) is 11.7 Å². The molecule has 0 spiro atoms. The summed E-state index contributed by atoms with van der Waals surface area (Å²) in [4.78, 5) is 17.4. The summed E-state index contributed by atoms with van der Waals surface area (Å²) in [5.41, 5.74) is 3.15. The normalized spacial score (nSPS) is 10.5. The molecule has 1 aromatic heterocycles. The molecular weight excluding hydrogens is 325 g/mol. The summed E-state index contributed by atoms with van der Waals surface area (Å²) in [5, 5.41) is 6.58. The predicted octanol–water partition coefficient (Wildman–Crippen LogP) is 4.89. The molecule has 24 heavy (non-hydrogen) atoms. The molecule has 0 fully saturated rings. The maximum atomic E-state index is 12.9. The molecule has 0 aliphatic carbocycles. The number of thiazole rings is 1. The van der Waals surface area contributed by atoms with E-state index in [0.29, 0.717) is 15.7 Å². The highest BCUT2D eigenvalue weighted by atomic mass is 32.1. The summed E-state index contributed by atoms with van der Waals surface area (Å²) in [7, 11) is 0. The number of carbonyl (C=O) groups excluding carboxylic acids is 1. The summed E-state index contributed by atoms with van der Waals surface area (Å²) >= 11 is 1.26. The fourth-order valence-corrected chi connectivity index (χ4v) is 3.09. The van der Waals surface area contributed by atoms with E-state index in [1.54, 1.807) is 19.1 Å². The number of amides is 1. The highest BCUT2D eigenvalue weighted by molar-refractivity contribution is 7.17. The number of para-hydroxylation sites is 1. The van der Waals surface area contributed by atoms with E-state index in [1.165, 1.54) is 23.5 Å². The number of anilines is 3. The number of aromatic nitrogens is 1.